The maximum atomic E-state index is 13.2. The van der Waals surface area contributed by atoms with E-state index in [0.29, 0.717) is 42.6 Å². The van der Waals surface area contributed by atoms with Gasteiger partial charge in [0, 0.05) is 49.9 Å². The van der Waals surface area contributed by atoms with Crippen molar-refractivity contribution in [3.8, 4) is 11.5 Å². The molecule has 0 unspecified atom stereocenters. The first kappa shape index (κ1) is 25.3. The van der Waals surface area contributed by atoms with Crippen LogP contribution in [0.4, 0.5) is 13.2 Å². The highest BCUT2D eigenvalue weighted by molar-refractivity contribution is 6.31. The first-order valence-corrected chi connectivity index (χ1v) is 11.3. The van der Waals surface area contributed by atoms with Gasteiger partial charge in [0.1, 0.15) is 11.5 Å². The van der Waals surface area contributed by atoms with Crippen molar-refractivity contribution in [2.45, 2.75) is 39.0 Å². The summed E-state index contributed by atoms with van der Waals surface area (Å²) >= 11 is 5.70. The van der Waals surface area contributed by atoms with Crippen LogP contribution in [0.3, 0.4) is 0 Å². The van der Waals surface area contributed by atoms with Gasteiger partial charge in [-0.2, -0.15) is 13.2 Å². The lowest BCUT2D eigenvalue weighted by atomic mass is 10.1. The van der Waals surface area contributed by atoms with E-state index < -0.39 is 11.7 Å². The van der Waals surface area contributed by atoms with Gasteiger partial charge in [-0.1, -0.05) is 11.6 Å². The maximum Gasteiger partial charge on any atom is 0.417 e. The number of ether oxygens (including phenoxy) is 1. The molecule has 1 amide bonds. The Bertz CT molecular complexity index is 982. The highest BCUT2D eigenvalue weighted by Crippen LogP contribution is 2.38. The van der Waals surface area contributed by atoms with E-state index >= 15 is 0 Å². The summed E-state index contributed by atoms with van der Waals surface area (Å²) in [6.45, 7) is 7.81. The van der Waals surface area contributed by atoms with Gasteiger partial charge >= 0.3 is 6.18 Å². The Morgan fingerprint density at radius 3 is 2.55 bits per heavy atom. The van der Waals surface area contributed by atoms with E-state index in [1.165, 1.54) is 6.07 Å². The lowest BCUT2D eigenvalue weighted by Crippen LogP contribution is -2.37. The molecule has 1 N–H and O–H groups in total. The number of nitrogens with zero attached hydrogens (tertiary/aromatic N) is 2. The number of nitrogens with one attached hydrogen (secondary N) is 1. The van der Waals surface area contributed by atoms with E-state index in [9.17, 15) is 18.0 Å². The second-order valence-electron chi connectivity index (χ2n) is 8.37. The lowest BCUT2D eigenvalue weighted by Gasteiger charge is -2.25. The van der Waals surface area contributed by atoms with Crippen LogP contribution in [0.1, 0.15) is 41.8 Å². The lowest BCUT2D eigenvalue weighted by molar-refractivity contribution is -0.137. The second-order valence-corrected chi connectivity index (χ2v) is 8.78. The normalized spacial score (nSPS) is 15.6. The minimum Gasteiger partial charge on any atom is -0.457 e. The molecule has 2 aromatic rings. The van der Waals surface area contributed by atoms with Crippen LogP contribution in [0.15, 0.2) is 36.4 Å². The fourth-order valence-electron chi connectivity index (χ4n) is 3.89. The molecule has 9 heteroatoms. The van der Waals surface area contributed by atoms with E-state index in [1.54, 1.807) is 25.2 Å². The quantitative estimate of drug-likeness (QED) is 0.595. The Morgan fingerprint density at radius 2 is 1.88 bits per heavy atom. The predicted octanol–water partition coefficient (Wildman–Crippen LogP) is 5.43. The van der Waals surface area contributed by atoms with Crippen molar-refractivity contribution in [2.24, 2.45) is 0 Å². The zero-order valence-electron chi connectivity index (χ0n) is 19.0. The predicted molar refractivity (Wildman–Crippen MR) is 123 cm³/mol. The summed E-state index contributed by atoms with van der Waals surface area (Å²) in [6, 6.07) is 8.88. The second kappa shape index (κ2) is 10.8. The average Bonchev–Trinajstić information content (AvgIpc) is 3.01. The summed E-state index contributed by atoms with van der Waals surface area (Å²) in [7, 11) is 1.75. The number of halogens is 4. The van der Waals surface area contributed by atoms with Crippen LogP contribution in [0.5, 0.6) is 11.5 Å². The number of rotatable bonds is 6. The Labute approximate surface area is 197 Å². The molecule has 1 aliphatic heterocycles. The van der Waals surface area contributed by atoms with E-state index in [1.807, 2.05) is 4.90 Å². The summed E-state index contributed by atoms with van der Waals surface area (Å²) < 4.78 is 45.3. The summed E-state index contributed by atoms with van der Waals surface area (Å²) in [5, 5.41) is 2.63. The molecule has 1 saturated heterocycles. The van der Waals surface area contributed by atoms with Crippen molar-refractivity contribution in [3.05, 3.63) is 58.1 Å². The molecule has 1 heterocycles. The molecule has 0 aromatic heterocycles. The molecular formula is C24H29ClF3N3O2. The number of amides is 1. The highest BCUT2D eigenvalue weighted by atomic mass is 35.5. The minimum absolute atomic E-state index is 0.0180. The van der Waals surface area contributed by atoms with Gasteiger partial charge in [-0.3, -0.25) is 9.69 Å². The van der Waals surface area contributed by atoms with Crippen molar-refractivity contribution in [2.75, 3.05) is 33.2 Å². The van der Waals surface area contributed by atoms with E-state index in [0.717, 1.165) is 31.6 Å². The molecular weight excluding hydrogens is 455 g/mol. The Balaban J connectivity index is 1.82. The van der Waals surface area contributed by atoms with Crippen LogP contribution in [-0.2, 0) is 12.7 Å². The highest BCUT2D eigenvalue weighted by Gasteiger charge is 2.33. The molecule has 3 rings (SSSR count). The molecule has 0 spiro atoms. The Hall–Kier alpha value is -2.29. The third-order valence-corrected chi connectivity index (χ3v) is 6.02. The van der Waals surface area contributed by atoms with Crippen molar-refractivity contribution in [1.29, 1.82) is 0 Å². The van der Waals surface area contributed by atoms with Gasteiger partial charge in [0.25, 0.3) is 5.91 Å². The molecule has 5 nitrogen and oxygen atoms in total. The molecule has 0 atom stereocenters. The van der Waals surface area contributed by atoms with Gasteiger partial charge in [-0.05, 0) is 63.7 Å². The number of benzene rings is 2. The van der Waals surface area contributed by atoms with Crippen LogP contribution in [-0.4, -0.2) is 55.0 Å². The molecule has 0 saturated carbocycles. The van der Waals surface area contributed by atoms with Gasteiger partial charge in [0.15, 0.2) is 0 Å². The number of hydrogen-bond donors (Lipinski definition) is 1. The molecule has 0 bridgehead atoms. The zero-order valence-corrected chi connectivity index (χ0v) is 19.8. The molecule has 33 heavy (non-hydrogen) atoms. The largest absolute Gasteiger partial charge is 0.457 e. The van der Waals surface area contributed by atoms with Crippen molar-refractivity contribution in [3.63, 3.8) is 0 Å². The van der Waals surface area contributed by atoms with Crippen LogP contribution < -0.4 is 10.1 Å². The smallest absolute Gasteiger partial charge is 0.417 e. The Morgan fingerprint density at radius 1 is 1.12 bits per heavy atom. The van der Waals surface area contributed by atoms with Gasteiger partial charge in [-0.25, -0.2) is 0 Å². The topological polar surface area (TPSA) is 44.8 Å². The number of hydrogen-bond acceptors (Lipinski definition) is 4. The van der Waals surface area contributed by atoms with Gasteiger partial charge in [0.2, 0.25) is 0 Å². The monoisotopic (exact) mass is 483 g/mol. The molecule has 1 fully saturated rings. The third-order valence-electron chi connectivity index (χ3n) is 5.69. The fourth-order valence-corrected chi connectivity index (χ4v) is 4.12. The SMILES string of the molecule is CNCc1cc(C(=O)N2CCCN(C(C)C)CC2)ccc1Oc1ccc(Cl)c(C(F)(F)F)c1. The fraction of sp³-hybridized carbons (Fsp3) is 0.458. The first-order chi connectivity index (χ1) is 15.6. The van der Waals surface area contributed by atoms with E-state index in [4.69, 9.17) is 16.3 Å². The van der Waals surface area contributed by atoms with Crippen molar-refractivity contribution in [1.82, 2.24) is 15.1 Å². The summed E-state index contributed by atoms with van der Waals surface area (Å²) in [6.07, 6.45) is -3.68. The Kier molecular flexibility index (Phi) is 8.26. The van der Waals surface area contributed by atoms with Crippen LogP contribution in [0.25, 0.3) is 0 Å². The van der Waals surface area contributed by atoms with Crippen molar-refractivity contribution >= 4 is 17.5 Å². The first-order valence-electron chi connectivity index (χ1n) is 11.0. The average molecular weight is 484 g/mol. The molecule has 180 valence electrons. The van der Waals surface area contributed by atoms with Crippen LogP contribution in [0.2, 0.25) is 5.02 Å². The number of carbonyl (C=O) groups is 1. The maximum absolute atomic E-state index is 13.2. The molecule has 0 radical (unpaired) electrons. The van der Waals surface area contributed by atoms with Crippen molar-refractivity contribution < 1.29 is 22.7 Å². The van der Waals surface area contributed by atoms with Gasteiger partial charge in [-0.15, -0.1) is 0 Å². The summed E-state index contributed by atoms with van der Waals surface area (Å²) in [4.78, 5) is 17.4. The summed E-state index contributed by atoms with van der Waals surface area (Å²) in [5.74, 6) is 0.331. The summed E-state index contributed by atoms with van der Waals surface area (Å²) in [5.41, 5.74) is 0.239. The van der Waals surface area contributed by atoms with Crippen LogP contribution >= 0.6 is 11.6 Å². The zero-order chi connectivity index (χ0) is 24.2. The number of alkyl halides is 3. The minimum atomic E-state index is -4.58. The van der Waals surface area contributed by atoms with Crippen LogP contribution in [0, 0.1) is 0 Å². The third kappa shape index (κ3) is 6.40. The number of carbonyl (C=O) groups excluding carboxylic acids is 1. The molecule has 0 aliphatic carbocycles. The van der Waals surface area contributed by atoms with E-state index in [2.05, 4.69) is 24.1 Å². The van der Waals surface area contributed by atoms with Gasteiger partial charge in [0.05, 0.1) is 10.6 Å². The van der Waals surface area contributed by atoms with Gasteiger partial charge < -0.3 is 15.0 Å². The molecule has 1 aliphatic rings. The molecule has 2 aromatic carbocycles. The van der Waals surface area contributed by atoms with E-state index in [-0.39, 0.29) is 16.7 Å². The standard InChI is InChI=1S/C24H29ClF3N3O2/c1-16(2)30-9-4-10-31(12-11-30)23(32)17-5-8-22(18(13-17)15-29-3)33-19-6-7-21(25)20(14-19)24(26,27)28/h5-8,13-14,16,29H,4,9-12,15H2,1-3H3.